The van der Waals surface area contributed by atoms with Crippen molar-refractivity contribution in [2.24, 2.45) is 14.1 Å². The van der Waals surface area contributed by atoms with Gasteiger partial charge in [-0.1, -0.05) is 0 Å². The molecule has 25 heavy (non-hydrogen) atoms. The zero-order valence-electron chi connectivity index (χ0n) is 13.9. The summed E-state index contributed by atoms with van der Waals surface area (Å²) in [6.45, 7) is 0.877. The molecule has 8 nitrogen and oxygen atoms in total. The first kappa shape index (κ1) is 15.8. The average molecular weight is 359 g/mol. The highest BCUT2D eigenvalue weighted by molar-refractivity contribution is 7.10. The van der Waals surface area contributed by atoms with Crippen LogP contribution in [0.3, 0.4) is 0 Å². The van der Waals surface area contributed by atoms with Crippen LogP contribution in [-0.4, -0.2) is 36.0 Å². The van der Waals surface area contributed by atoms with Crippen LogP contribution in [0.2, 0.25) is 0 Å². The summed E-state index contributed by atoms with van der Waals surface area (Å²) in [4.78, 5) is 44.9. The van der Waals surface area contributed by atoms with Crippen molar-refractivity contribution in [1.82, 2.24) is 23.6 Å². The predicted octanol–water partition coefficient (Wildman–Crippen LogP) is 0.0801. The molecule has 130 valence electrons. The normalized spacial score (nSPS) is 14.1. The molecule has 0 fully saturated rings. The van der Waals surface area contributed by atoms with Crippen LogP contribution in [0.25, 0.3) is 11.2 Å². The summed E-state index contributed by atoms with van der Waals surface area (Å²) in [6.07, 6.45) is 2.30. The molecule has 0 atom stereocenters. The van der Waals surface area contributed by atoms with Gasteiger partial charge in [-0.15, -0.1) is 11.3 Å². The summed E-state index contributed by atoms with van der Waals surface area (Å²) in [6, 6.07) is 2.02. The fourth-order valence-electron chi connectivity index (χ4n) is 3.23. The van der Waals surface area contributed by atoms with Crippen molar-refractivity contribution in [2.45, 2.75) is 19.5 Å². The van der Waals surface area contributed by atoms with Crippen LogP contribution >= 0.6 is 11.3 Å². The highest BCUT2D eigenvalue weighted by Gasteiger charge is 2.24. The highest BCUT2D eigenvalue weighted by atomic mass is 32.1. The van der Waals surface area contributed by atoms with Gasteiger partial charge >= 0.3 is 5.69 Å². The van der Waals surface area contributed by atoms with Gasteiger partial charge < -0.3 is 9.47 Å². The number of thiophene rings is 1. The lowest BCUT2D eigenvalue weighted by Gasteiger charge is -2.27. The third-order valence-electron chi connectivity index (χ3n) is 4.65. The average Bonchev–Trinajstić information content (AvgIpc) is 3.22. The SMILES string of the molecule is Cn1cnc2c1c(=O)n(CC(=O)N1CCc3sccc3C1)c(=O)n2C. The lowest BCUT2D eigenvalue weighted by molar-refractivity contribution is -0.132. The smallest absolute Gasteiger partial charge is 0.332 e. The van der Waals surface area contributed by atoms with Crippen LogP contribution in [0.1, 0.15) is 10.4 Å². The third-order valence-corrected chi connectivity index (χ3v) is 5.68. The van der Waals surface area contributed by atoms with E-state index in [9.17, 15) is 14.4 Å². The fourth-order valence-corrected chi connectivity index (χ4v) is 4.12. The lowest BCUT2D eigenvalue weighted by atomic mass is 10.1. The van der Waals surface area contributed by atoms with E-state index in [4.69, 9.17) is 0 Å². The Balaban J connectivity index is 1.69. The number of aryl methyl sites for hydroxylation is 2. The van der Waals surface area contributed by atoms with Gasteiger partial charge in [-0.05, 0) is 23.4 Å². The summed E-state index contributed by atoms with van der Waals surface area (Å²) in [7, 11) is 3.24. The maximum atomic E-state index is 12.7. The molecule has 4 heterocycles. The van der Waals surface area contributed by atoms with Gasteiger partial charge in [0.05, 0.1) is 6.33 Å². The number of fused-ring (bicyclic) bond motifs is 2. The monoisotopic (exact) mass is 359 g/mol. The zero-order chi connectivity index (χ0) is 17.7. The van der Waals surface area contributed by atoms with E-state index in [2.05, 4.69) is 4.98 Å². The largest absolute Gasteiger partial charge is 0.336 e. The van der Waals surface area contributed by atoms with Gasteiger partial charge in [-0.3, -0.25) is 14.2 Å². The lowest BCUT2D eigenvalue weighted by Crippen LogP contribution is -2.45. The molecule has 0 aliphatic carbocycles. The summed E-state index contributed by atoms with van der Waals surface area (Å²) in [5.74, 6) is -0.224. The third kappa shape index (κ3) is 2.42. The number of carbonyl (C=O) groups excluding carboxylic acids is 1. The molecule has 0 saturated heterocycles. The van der Waals surface area contributed by atoms with Crippen molar-refractivity contribution in [3.05, 3.63) is 49.1 Å². The summed E-state index contributed by atoms with van der Waals surface area (Å²) in [5, 5.41) is 2.02. The number of nitrogens with zero attached hydrogens (tertiary/aromatic N) is 5. The van der Waals surface area contributed by atoms with E-state index in [1.54, 1.807) is 34.9 Å². The van der Waals surface area contributed by atoms with Gasteiger partial charge in [0.25, 0.3) is 5.56 Å². The number of rotatable bonds is 2. The summed E-state index contributed by atoms with van der Waals surface area (Å²) in [5.41, 5.74) is 0.764. The molecule has 3 aromatic heterocycles. The molecule has 0 unspecified atom stereocenters. The Bertz CT molecular complexity index is 1100. The van der Waals surface area contributed by atoms with Crippen molar-refractivity contribution in [2.75, 3.05) is 6.54 Å². The topological polar surface area (TPSA) is 82.1 Å². The molecule has 0 N–H and O–H groups in total. The van der Waals surface area contributed by atoms with Crippen LogP contribution in [0, 0.1) is 0 Å². The minimum absolute atomic E-state index is 0.224. The maximum absolute atomic E-state index is 12.7. The maximum Gasteiger partial charge on any atom is 0.332 e. The molecule has 1 aliphatic heterocycles. The molecular weight excluding hydrogens is 342 g/mol. The molecular formula is C16H17N5O3S. The Morgan fingerprint density at radius 1 is 1.32 bits per heavy atom. The molecule has 0 bridgehead atoms. The number of hydrogen-bond acceptors (Lipinski definition) is 5. The number of aromatic nitrogens is 4. The van der Waals surface area contributed by atoms with E-state index in [-0.39, 0.29) is 12.5 Å². The van der Waals surface area contributed by atoms with Crippen LogP contribution in [0.5, 0.6) is 0 Å². The predicted molar refractivity (Wildman–Crippen MR) is 93.7 cm³/mol. The van der Waals surface area contributed by atoms with Crippen molar-refractivity contribution in [3.8, 4) is 0 Å². The summed E-state index contributed by atoms with van der Waals surface area (Å²) < 4.78 is 3.86. The molecule has 0 radical (unpaired) electrons. The zero-order valence-corrected chi connectivity index (χ0v) is 14.7. The molecule has 4 rings (SSSR count). The van der Waals surface area contributed by atoms with Gasteiger partial charge in [0.2, 0.25) is 5.91 Å². The van der Waals surface area contributed by atoms with Gasteiger partial charge in [0.1, 0.15) is 6.54 Å². The Labute approximate surface area is 146 Å². The van der Waals surface area contributed by atoms with Crippen molar-refractivity contribution >= 4 is 28.4 Å². The Morgan fingerprint density at radius 3 is 2.92 bits per heavy atom. The van der Waals surface area contributed by atoms with E-state index >= 15 is 0 Å². The van der Waals surface area contributed by atoms with E-state index < -0.39 is 11.2 Å². The first-order valence-electron chi connectivity index (χ1n) is 7.91. The standard InChI is InChI=1S/C16H17N5O3S/c1-18-9-17-14-13(18)15(23)21(16(24)19(14)2)8-12(22)20-5-3-11-10(7-20)4-6-25-11/h4,6,9H,3,5,7-8H2,1-2H3. The summed E-state index contributed by atoms with van der Waals surface area (Å²) >= 11 is 1.70. The van der Waals surface area contributed by atoms with Gasteiger partial charge in [-0.2, -0.15) is 0 Å². The highest BCUT2D eigenvalue weighted by Crippen LogP contribution is 2.24. The molecule has 0 saturated carbocycles. The molecule has 0 spiro atoms. The van der Waals surface area contributed by atoms with Gasteiger partial charge in [0.15, 0.2) is 11.2 Å². The second-order valence-corrected chi connectivity index (χ2v) is 7.20. The molecule has 1 aliphatic rings. The van der Waals surface area contributed by atoms with E-state index in [0.29, 0.717) is 24.3 Å². The first-order chi connectivity index (χ1) is 12.0. The number of amides is 1. The minimum Gasteiger partial charge on any atom is -0.336 e. The Hall–Kier alpha value is -2.68. The van der Waals surface area contributed by atoms with Gasteiger partial charge in [0, 0.05) is 32.1 Å². The fraction of sp³-hybridized carbons (Fsp3) is 0.375. The van der Waals surface area contributed by atoms with Crippen LogP contribution in [-0.2, 0) is 38.4 Å². The Morgan fingerprint density at radius 2 is 2.12 bits per heavy atom. The molecule has 0 aromatic carbocycles. The van der Waals surface area contributed by atoms with Crippen molar-refractivity contribution < 1.29 is 4.79 Å². The Kier molecular flexibility index (Phi) is 3.60. The van der Waals surface area contributed by atoms with Crippen molar-refractivity contribution in [3.63, 3.8) is 0 Å². The molecule has 3 aromatic rings. The molecule has 1 amide bonds. The minimum atomic E-state index is -0.530. The van der Waals surface area contributed by atoms with Crippen LogP contribution in [0.4, 0.5) is 0 Å². The van der Waals surface area contributed by atoms with Crippen LogP contribution in [0.15, 0.2) is 27.4 Å². The molecule has 9 heteroatoms. The number of imidazole rings is 1. The number of carbonyl (C=O) groups is 1. The van der Waals surface area contributed by atoms with Gasteiger partial charge in [-0.25, -0.2) is 14.3 Å². The quantitative estimate of drug-likeness (QED) is 0.649. The van der Waals surface area contributed by atoms with E-state index in [1.165, 1.54) is 15.8 Å². The first-order valence-corrected chi connectivity index (χ1v) is 8.79. The van der Waals surface area contributed by atoms with E-state index in [0.717, 1.165) is 16.6 Å². The second kappa shape index (κ2) is 5.69. The number of hydrogen-bond donors (Lipinski definition) is 0. The van der Waals surface area contributed by atoms with Crippen molar-refractivity contribution in [1.29, 1.82) is 0 Å². The van der Waals surface area contributed by atoms with Crippen LogP contribution < -0.4 is 11.2 Å². The second-order valence-electron chi connectivity index (χ2n) is 6.19. The van der Waals surface area contributed by atoms with E-state index in [1.807, 2.05) is 11.4 Å².